The topological polar surface area (TPSA) is 20.2 Å². The molecule has 1 N–H and O–H groups in total. The highest BCUT2D eigenvalue weighted by Crippen LogP contribution is 1.91. The van der Waals surface area contributed by atoms with Crippen molar-refractivity contribution in [1.82, 2.24) is 0 Å². The molecule has 0 aromatic heterocycles. The molecule has 2 heteroatoms. The molecular formula is C6H15FO. The molecule has 0 amide bonds. The van der Waals surface area contributed by atoms with Gasteiger partial charge in [0, 0.05) is 0 Å². The molecule has 0 aliphatic rings. The van der Waals surface area contributed by atoms with Crippen LogP contribution in [0, 0.1) is 0 Å². The minimum Gasteiger partial charge on any atom is -0.393 e. The Bertz CT molecular complexity index is 27.7. The fourth-order valence-corrected chi connectivity index (χ4v) is 0.129. The molecule has 0 saturated carbocycles. The maximum absolute atomic E-state index is 11.6. The van der Waals surface area contributed by atoms with Gasteiger partial charge in [-0.05, 0) is 6.42 Å². The Morgan fingerprint density at radius 3 is 1.88 bits per heavy atom. The summed E-state index contributed by atoms with van der Waals surface area (Å²) in [7, 11) is 0. The molecule has 0 fully saturated rings. The molecule has 52 valence electrons. The fourth-order valence-electron chi connectivity index (χ4n) is 0.129. The van der Waals surface area contributed by atoms with E-state index in [2.05, 4.69) is 0 Å². The van der Waals surface area contributed by atoms with Crippen molar-refractivity contribution in [3.05, 3.63) is 0 Å². The van der Waals surface area contributed by atoms with Crippen molar-refractivity contribution >= 4 is 0 Å². The average molecular weight is 122 g/mol. The minimum absolute atomic E-state index is 0.337. The zero-order valence-corrected chi connectivity index (χ0v) is 5.82. The number of rotatable bonds is 2. The van der Waals surface area contributed by atoms with Gasteiger partial charge in [-0.15, -0.1) is 0 Å². The predicted molar refractivity (Wildman–Crippen MR) is 33.6 cm³/mol. The predicted octanol–water partition coefficient (Wildman–Crippen LogP) is 1.75. The van der Waals surface area contributed by atoms with Crippen LogP contribution < -0.4 is 0 Å². The first-order valence-electron chi connectivity index (χ1n) is 3.06. The summed E-state index contributed by atoms with van der Waals surface area (Å²) in [5, 5.41) is 7.96. The fraction of sp³-hybridized carbons (Fsp3) is 1.00. The number of aliphatic hydroxyl groups is 1. The zero-order chi connectivity index (χ0) is 6.99. The Kier molecular flexibility index (Phi) is 13.5. The van der Waals surface area contributed by atoms with Crippen LogP contribution in [0.3, 0.4) is 0 Å². The Hall–Kier alpha value is -0.110. The summed E-state index contributed by atoms with van der Waals surface area (Å²) < 4.78 is 11.6. The molecule has 0 aliphatic carbocycles. The first kappa shape index (κ1) is 10.8. The Morgan fingerprint density at radius 2 is 1.88 bits per heavy atom. The van der Waals surface area contributed by atoms with E-state index in [0.717, 1.165) is 0 Å². The highest BCUT2D eigenvalue weighted by molar-refractivity contribution is 4.44. The van der Waals surface area contributed by atoms with E-state index < -0.39 is 6.17 Å². The lowest BCUT2D eigenvalue weighted by atomic mass is 10.3. The van der Waals surface area contributed by atoms with E-state index in [9.17, 15) is 4.39 Å². The summed E-state index contributed by atoms with van der Waals surface area (Å²) >= 11 is 0. The van der Waals surface area contributed by atoms with Crippen molar-refractivity contribution in [2.75, 3.05) is 6.61 Å². The van der Waals surface area contributed by atoms with Gasteiger partial charge in [-0.1, -0.05) is 20.8 Å². The van der Waals surface area contributed by atoms with Gasteiger partial charge in [-0.25, -0.2) is 4.39 Å². The minimum atomic E-state index is -1.01. The van der Waals surface area contributed by atoms with Crippen molar-refractivity contribution in [2.45, 2.75) is 33.4 Å². The van der Waals surface area contributed by atoms with Crippen molar-refractivity contribution < 1.29 is 9.50 Å². The maximum Gasteiger partial charge on any atom is 0.123 e. The van der Waals surface area contributed by atoms with Gasteiger partial charge in [0.1, 0.15) is 6.17 Å². The summed E-state index contributed by atoms with van der Waals surface area (Å²) in [5.74, 6) is 0. The lowest BCUT2D eigenvalue weighted by Crippen LogP contribution is -2.01. The van der Waals surface area contributed by atoms with Crippen LogP contribution in [0.2, 0.25) is 0 Å². The molecule has 0 spiro atoms. The van der Waals surface area contributed by atoms with Crippen LogP contribution in [0.15, 0.2) is 0 Å². The third-order valence-electron chi connectivity index (χ3n) is 0.641. The van der Waals surface area contributed by atoms with Gasteiger partial charge in [0.05, 0.1) is 6.61 Å². The molecule has 0 radical (unpaired) electrons. The summed E-state index contributed by atoms with van der Waals surface area (Å²) in [4.78, 5) is 0. The molecule has 0 saturated heterocycles. The zero-order valence-electron chi connectivity index (χ0n) is 5.82. The first-order valence-corrected chi connectivity index (χ1v) is 3.06. The van der Waals surface area contributed by atoms with Gasteiger partial charge < -0.3 is 5.11 Å². The molecule has 0 bridgehead atoms. The smallest absolute Gasteiger partial charge is 0.123 e. The summed E-state index contributed by atoms with van der Waals surface area (Å²) in [6.45, 7) is 5.36. The van der Waals surface area contributed by atoms with Crippen molar-refractivity contribution in [2.24, 2.45) is 0 Å². The van der Waals surface area contributed by atoms with E-state index >= 15 is 0 Å². The highest BCUT2D eigenvalue weighted by Gasteiger charge is 1.95. The maximum atomic E-state index is 11.6. The monoisotopic (exact) mass is 122 g/mol. The number of alkyl halides is 1. The van der Waals surface area contributed by atoms with Crippen molar-refractivity contribution in [1.29, 1.82) is 0 Å². The molecule has 0 heterocycles. The van der Waals surface area contributed by atoms with Gasteiger partial charge in [0.15, 0.2) is 0 Å². The molecule has 1 atom stereocenters. The lowest BCUT2D eigenvalue weighted by molar-refractivity contribution is 0.174. The molecule has 0 rings (SSSR count). The second kappa shape index (κ2) is 10.00. The highest BCUT2D eigenvalue weighted by atomic mass is 19.1. The molecular weight excluding hydrogens is 107 g/mol. The van der Waals surface area contributed by atoms with E-state index in [1.54, 1.807) is 6.92 Å². The Labute approximate surface area is 50.5 Å². The van der Waals surface area contributed by atoms with Crippen molar-refractivity contribution in [3.8, 4) is 0 Å². The summed E-state index contributed by atoms with van der Waals surface area (Å²) in [6, 6.07) is 0. The van der Waals surface area contributed by atoms with Crippen LogP contribution in [0.5, 0.6) is 0 Å². The van der Waals surface area contributed by atoms with E-state index in [1.165, 1.54) is 0 Å². The quantitative estimate of drug-likeness (QED) is 0.591. The van der Waals surface area contributed by atoms with Gasteiger partial charge in [-0.2, -0.15) is 0 Å². The standard InChI is InChI=1S/C4H9FO.C2H6/c1-2-4(5)3-6;1-2/h4,6H,2-3H2,1H3;1-2H3. The molecule has 8 heavy (non-hydrogen) atoms. The van der Waals surface area contributed by atoms with Crippen LogP contribution in [0.4, 0.5) is 4.39 Å². The van der Waals surface area contributed by atoms with E-state index in [-0.39, 0.29) is 6.61 Å². The number of hydrogen-bond acceptors (Lipinski definition) is 1. The number of hydrogen-bond donors (Lipinski definition) is 1. The number of halogens is 1. The second-order valence-corrected chi connectivity index (χ2v) is 1.19. The number of aliphatic hydroxyl groups excluding tert-OH is 1. The van der Waals surface area contributed by atoms with Crippen LogP contribution in [0.25, 0.3) is 0 Å². The van der Waals surface area contributed by atoms with E-state index in [0.29, 0.717) is 6.42 Å². The lowest BCUT2D eigenvalue weighted by Gasteiger charge is -1.93. The van der Waals surface area contributed by atoms with Crippen LogP contribution in [-0.2, 0) is 0 Å². The Balaban J connectivity index is 0. The normalized spacial score (nSPS) is 11.6. The molecule has 1 unspecified atom stereocenters. The third-order valence-corrected chi connectivity index (χ3v) is 0.641. The summed E-state index contributed by atoms with van der Waals surface area (Å²) in [5.41, 5.74) is 0. The van der Waals surface area contributed by atoms with Gasteiger partial charge >= 0.3 is 0 Å². The third kappa shape index (κ3) is 9.31. The summed E-state index contributed by atoms with van der Waals surface area (Å²) in [6.07, 6.45) is -0.596. The van der Waals surface area contributed by atoms with Gasteiger partial charge in [-0.3, -0.25) is 0 Å². The second-order valence-electron chi connectivity index (χ2n) is 1.19. The van der Waals surface area contributed by atoms with E-state index in [1.807, 2.05) is 13.8 Å². The molecule has 0 aromatic rings. The largest absolute Gasteiger partial charge is 0.393 e. The first-order chi connectivity index (χ1) is 3.81. The van der Waals surface area contributed by atoms with E-state index in [4.69, 9.17) is 5.11 Å². The molecule has 1 nitrogen and oxygen atoms in total. The molecule has 0 aliphatic heterocycles. The van der Waals surface area contributed by atoms with Crippen LogP contribution in [0.1, 0.15) is 27.2 Å². The van der Waals surface area contributed by atoms with Gasteiger partial charge in [0.25, 0.3) is 0 Å². The van der Waals surface area contributed by atoms with Crippen LogP contribution in [-0.4, -0.2) is 17.9 Å². The SMILES string of the molecule is CC.CCC(F)CO. The van der Waals surface area contributed by atoms with Crippen molar-refractivity contribution in [3.63, 3.8) is 0 Å². The Morgan fingerprint density at radius 1 is 1.50 bits per heavy atom. The molecule has 0 aromatic carbocycles. The van der Waals surface area contributed by atoms with Crippen LogP contribution >= 0.6 is 0 Å². The van der Waals surface area contributed by atoms with Gasteiger partial charge in [0.2, 0.25) is 0 Å². The average Bonchev–Trinajstić information content (AvgIpc) is 1.91.